The van der Waals surface area contributed by atoms with Gasteiger partial charge in [-0.05, 0) is 40.2 Å². The van der Waals surface area contributed by atoms with Gasteiger partial charge in [-0.3, -0.25) is 9.59 Å². The standard InChI is InChI=1S/C18H26N2O5/c1-17(2,3)25-16(23)20-12-19-14(21)18(4,5)15(22)24-11-13-9-7-6-8-10-13/h6-10H,11-12H2,1-5H3,(H,19,21)(H,20,23). The van der Waals surface area contributed by atoms with Crippen LogP contribution in [0.2, 0.25) is 0 Å². The van der Waals surface area contributed by atoms with Crippen molar-refractivity contribution >= 4 is 18.0 Å². The van der Waals surface area contributed by atoms with E-state index in [1.54, 1.807) is 20.8 Å². The van der Waals surface area contributed by atoms with Gasteiger partial charge in [-0.2, -0.15) is 0 Å². The maximum atomic E-state index is 12.2. The number of carbonyl (C=O) groups excluding carboxylic acids is 3. The van der Waals surface area contributed by atoms with Gasteiger partial charge in [0, 0.05) is 0 Å². The minimum Gasteiger partial charge on any atom is -0.460 e. The second-order valence-corrected chi connectivity index (χ2v) is 7.05. The highest BCUT2D eigenvalue weighted by Gasteiger charge is 2.37. The van der Waals surface area contributed by atoms with Gasteiger partial charge in [0.25, 0.3) is 0 Å². The van der Waals surface area contributed by atoms with Crippen molar-refractivity contribution in [2.24, 2.45) is 5.41 Å². The Morgan fingerprint density at radius 2 is 1.56 bits per heavy atom. The molecule has 25 heavy (non-hydrogen) atoms. The van der Waals surface area contributed by atoms with E-state index in [0.717, 1.165) is 5.56 Å². The van der Waals surface area contributed by atoms with Crippen LogP contribution in [0.15, 0.2) is 30.3 Å². The van der Waals surface area contributed by atoms with E-state index in [1.807, 2.05) is 30.3 Å². The molecule has 0 bridgehead atoms. The molecule has 0 atom stereocenters. The Balaban J connectivity index is 2.44. The molecule has 2 amide bonds. The largest absolute Gasteiger partial charge is 0.460 e. The fourth-order valence-corrected chi connectivity index (χ4v) is 1.73. The molecule has 138 valence electrons. The smallest absolute Gasteiger partial charge is 0.409 e. The summed E-state index contributed by atoms with van der Waals surface area (Å²) in [6.45, 7) is 8.06. The highest BCUT2D eigenvalue weighted by molar-refractivity contribution is 6.01. The molecular formula is C18H26N2O5. The third-order valence-corrected chi connectivity index (χ3v) is 3.17. The average Bonchev–Trinajstić information content (AvgIpc) is 2.51. The highest BCUT2D eigenvalue weighted by atomic mass is 16.6. The summed E-state index contributed by atoms with van der Waals surface area (Å²) in [4.78, 5) is 35.9. The zero-order valence-electron chi connectivity index (χ0n) is 15.3. The number of nitrogens with one attached hydrogen (secondary N) is 2. The van der Waals surface area contributed by atoms with Crippen LogP contribution < -0.4 is 10.6 Å². The minimum atomic E-state index is -1.38. The van der Waals surface area contributed by atoms with E-state index in [-0.39, 0.29) is 13.3 Å². The molecule has 2 N–H and O–H groups in total. The van der Waals surface area contributed by atoms with Crippen LogP contribution in [0.4, 0.5) is 4.79 Å². The Labute approximate surface area is 148 Å². The summed E-state index contributed by atoms with van der Waals surface area (Å²) in [5.74, 6) is -1.20. The average molecular weight is 350 g/mol. The van der Waals surface area contributed by atoms with Crippen molar-refractivity contribution < 1.29 is 23.9 Å². The molecule has 0 aliphatic heterocycles. The van der Waals surface area contributed by atoms with Crippen LogP contribution in [0.25, 0.3) is 0 Å². The first-order valence-corrected chi connectivity index (χ1v) is 7.98. The third-order valence-electron chi connectivity index (χ3n) is 3.17. The van der Waals surface area contributed by atoms with Crippen molar-refractivity contribution in [3.05, 3.63) is 35.9 Å². The van der Waals surface area contributed by atoms with E-state index in [0.29, 0.717) is 0 Å². The molecule has 0 aliphatic rings. The van der Waals surface area contributed by atoms with Crippen LogP contribution in [0, 0.1) is 5.41 Å². The van der Waals surface area contributed by atoms with Gasteiger partial charge in [0.15, 0.2) is 0 Å². The quantitative estimate of drug-likeness (QED) is 0.467. The number of hydrogen-bond donors (Lipinski definition) is 2. The van der Waals surface area contributed by atoms with Gasteiger partial charge < -0.3 is 20.1 Å². The van der Waals surface area contributed by atoms with Crippen LogP contribution in [-0.2, 0) is 25.7 Å². The van der Waals surface area contributed by atoms with Gasteiger partial charge in [0.2, 0.25) is 5.91 Å². The fourth-order valence-electron chi connectivity index (χ4n) is 1.73. The van der Waals surface area contributed by atoms with E-state index in [1.165, 1.54) is 13.8 Å². The highest BCUT2D eigenvalue weighted by Crippen LogP contribution is 2.18. The number of alkyl carbamates (subject to hydrolysis) is 1. The molecule has 0 saturated heterocycles. The van der Waals surface area contributed by atoms with Crippen molar-refractivity contribution in [3.8, 4) is 0 Å². The molecule has 1 aromatic rings. The first kappa shape index (κ1) is 20.5. The second kappa shape index (κ2) is 8.50. The lowest BCUT2D eigenvalue weighted by Crippen LogP contribution is -2.47. The van der Waals surface area contributed by atoms with Gasteiger partial charge in [-0.1, -0.05) is 30.3 Å². The molecule has 0 radical (unpaired) electrons. The summed E-state index contributed by atoms with van der Waals surface area (Å²) in [6.07, 6.45) is -0.655. The zero-order valence-corrected chi connectivity index (χ0v) is 15.3. The lowest BCUT2D eigenvalue weighted by Gasteiger charge is -2.23. The lowest BCUT2D eigenvalue weighted by atomic mass is 9.92. The van der Waals surface area contributed by atoms with Crippen molar-refractivity contribution in [1.29, 1.82) is 0 Å². The molecule has 0 aliphatic carbocycles. The monoisotopic (exact) mass is 350 g/mol. The molecule has 0 saturated carbocycles. The van der Waals surface area contributed by atoms with Crippen LogP contribution in [-0.4, -0.2) is 30.2 Å². The third kappa shape index (κ3) is 7.24. The summed E-state index contributed by atoms with van der Waals surface area (Å²) >= 11 is 0. The summed E-state index contributed by atoms with van der Waals surface area (Å²) in [7, 11) is 0. The number of benzene rings is 1. The normalized spacial score (nSPS) is 11.4. The lowest BCUT2D eigenvalue weighted by molar-refractivity contribution is -0.160. The summed E-state index contributed by atoms with van der Waals surface area (Å²) < 4.78 is 10.2. The van der Waals surface area contributed by atoms with Crippen LogP contribution in [0.1, 0.15) is 40.2 Å². The molecule has 1 aromatic carbocycles. The maximum Gasteiger partial charge on any atom is 0.409 e. The van der Waals surface area contributed by atoms with E-state index in [9.17, 15) is 14.4 Å². The van der Waals surface area contributed by atoms with Gasteiger partial charge >= 0.3 is 12.1 Å². The first-order valence-electron chi connectivity index (χ1n) is 7.98. The topological polar surface area (TPSA) is 93.7 Å². The van der Waals surface area contributed by atoms with Gasteiger partial charge in [-0.15, -0.1) is 0 Å². The van der Waals surface area contributed by atoms with Crippen LogP contribution in [0.5, 0.6) is 0 Å². The van der Waals surface area contributed by atoms with Crippen molar-refractivity contribution in [1.82, 2.24) is 10.6 Å². The van der Waals surface area contributed by atoms with E-state index in [4.69, 9.17) is 9.47 Å². The molecule has 0 aromatic heterocycles. The first-order chi connectivity index (χ1) is 11.5. The van der Waals surface area contributed by atoms with Crippen molar-refractivity contribution in [3.63, 3.8) is 0 Å². The number of rotatable bonds is 6. The fraction of sp³-hybridized carbons (Fsp3) is 0.500. The minimum absolute atomic E-state index is 0.0898. The summed E-state index contributed by atoms with van der Waals surface area (Å²) in [6, 6.07) is 9.18. The number of amides is 2. The Morgan fingerprint density at radius 1 is 0.960 bits per heavy atom. The van der Waals surface area contributed by atoms with Gasteiger partial charge in [0.05, 0.1) is 6.67 Å². The predicted octanol–water partition coefficient (Wildman–Crippen LogP) is 2.35. The second-order valence-electron chi connectivity index (χ2n) is 7.05. The predicted molar refractivity (Wildman–Crippen MR) is 92.4 cm³/mol. The molecule has 1 rings (SSSR count). The summed E-state index contributed by atoms with van der Waals surface area (Å²) in [5.41, 5.74) is -1.18. The Bertz CT molecular complexity index is 606. The SMILES string of the molecule is CC(C)(C)OC(=O)NCNC(=O)C(C)(C)C(=O)OCc1ccccc1. The molecule has 7 heteroatoms. The van der Waals surface area contributed by atoms with Crippen LogP contribution in [0.3, 0.4) is 0 Å². The van der Waals surface area contributed by atoms with Gasteiger partial charge in [0.1, 0.15) is 17.6 Å². The van der Waals surface area contributed by atoms with E-state index in [2.05, 4.69) is 10.6 Å². The molecular weight excluding hydrogens is 324 g/mol. The maximum absolute atomic E-state index is 12.2. The number of hydrogen-bond acceptors (Lipinski definition) is 5. The van der Waals surface area contributed by atoms with Crippen molar-refractivity contribution in [2.75, 3.05) is 6.67 Å². The molecule has 7 nitrogen and oxygen atoms in total. The molecule has 0 fully saturated rings. The Morgan fingerprint density at radius 3 is 2.12 bits per heavy atom. The number of carbonyl (C=O) groups is 3. The zero-order chi connectivity index (χ0) is 19.1. The number of ether oxygens (including phenoxy) is 2. The van der Waals surface area contributed by atoms with Crippen molar-refractivity contribution in [2.45, 2.75) is 46.8 Å². The number of esters is 1. The molecule has 0 heterocycles. The Kier molecular flexibility index (Phi) is 6.97. The van der Waals surface area contributed by atoms with E-state index < -0.39 is 29.0 Å². The van der Waals surface area contributed by atoms with E-state index >= 15 is 0 Å². The molecule has 0 unspecified atom stereocenters. The Hall–Kier alpha value is -2.57. The molecule has 0 spiro atoms. The van der Waals surface area contributed by atoms with Crippen LogP contribution >= 0.6 is 0 Å². The van der Waals surface area contributed by atoms with Gasteiger partial charge in [-0.25, -0.2) is 4.79 Å². The summed E-state index contributed by atoms with van der Waals surface area (Å²) in [5, 5.41) is 4.86.